The van der Waals surface area contributed by atoms with Gasteiger partial charge in [-0.2, -0.15) is 0 Å². The molecule has 0 aliphatic carbocycles. The van der Waals surface area contributed by atoms with Crippen molar-refractivity contribution in [3.8, 4) is 90.6 Å². The van der Waals surface area contributed by atoms with Crippen LogP contribution in [0.15, 0.2) is 211 Å². The summed E-state index contributed by atoms with van der Waals surface area (Å²) in [6.45, 7) is 0. The lowest BCUT2D eigenvalue weighted by atomic mass is 9.95. The minimum atomic E-state index is 0.604. The van der Waals surface area contributed by atoms with Crippen LogP contribution < -0.4 is 0 Å². The summed E-state index contributed by atoms with van der Waals surface area (Å²) in [6.07, 6.45) is 0. The van der Waals surface area contributed by atoms with E-state index in [4.69, 9.17) is 34.3 Å². The summed E-state index contributed by atoms with van der Waals surface area (Å²) >= 11 is 0. The van der Waals surface area contributed by atoms with Gasteiger partial charge in [0.2, 0.25) is 0 Å². The highest BCUT2D eigenvalue weighted by atomic mass is 16.3. The van der Waals surface area contributed by atoms with E-state index < -0.39 is 0 Å². The molecule has 0 atom stereocenters. The van der Waals surface area contributed by atoms with E-state index in [2.05, 4.69) is 72.8 Å². The van der Waals surface area contributed by atoms with Crippen molar-refractivity contribution >= 4 is 21.9 Å². The second-order valence-electron chi connectivity index (χ2n) is 14.7. The van der Waals surface area contributed by atoms with Gasteiger partial charge in [0.1, 0.15) is 11.2 Å². The predicted molar refractivity (Wildman–Crippen MR) is 244 cm³/mol. The van der Waals surface area contributed by atoms with Crippen LogP contribution in [0, 0.1) is 0 Å². The van der Waals surface area contributed by atoms with Gasteiger partial charge in [0.05, 0.1) is 0 Å². The summed E-state index contributed by atoms with van der Waals surface area (Å²) < 4.78 is 6.59. The Hall–Kier alpha value is -8.42. The Balaban J connectivity index is 0.989. The molecule has 8 aromatic carbocycles. The molecule has 11 rings (SSSR count). The minimum absolute atomic E-state index is 0.604. The van der Waals surface area contributed by atoms with Crippen molar-refractivity contribution < 1.29 is 4.42 Å². The van der Waals surface area contributed by atoms with Gasteiger partial charge in [-0.05, 0) is 34.9 Å². The summed E-state index contributed by atoms with van der Waals surface area (Å²) in [5, 5.41) is 2.11. The van der Waals surface area contributed by atoms with Crippen LogP contribution in [0.2, 0.25) is 0 Å². The summed E-state index contributed by atoms with van der Waals surface area (Å²) in [5.41, 5.74) is 11.3. The van der Waals surface area contributed by atoms with Crippen LogP contribution in [-0.2, 0) is 0 Å². The zero-order chi connectivity index (χ0) is 40.5. The topological polar surface area (TPSA) is 90.5 Å². The normalized spacial score (nSPS) is 11.3. The van der Waals surface area contributed by atoms with Gasteiger partial charge in [-0.15, -0.1) is 0 Å². The fourth-order valence-electron chi connectivity index (χ4n) is 7.69. The van der Waals surface area contributed by atoms with Gasteiger partial charge < -0.3 is 4.42 Å². The van der Waals surface area contributed by atoms with Gasteiger partial charge in [0.15, 0.2) is 34.9 Å². The van der Waals surface area contributed by atoms with E-state index >= 15 is 0 Å². The van der Waals surface area contributed by atoms with E-state index in [1.807, 2.05) is 133 Å². The smallest absolute Gasteiger partial charge is 0.164 e. The lowest BCUT2D eigenvalue weighted by molar-refractivity contribution is 0.670. The number of hydrogen-bond donors (Lipinski definition) is 0. The van der Waals surface area contributed by atoms with E-state index in [0.29, 0.717) is 34.9 Å². The molecule has 0 saturated carbocycles. The molecule has 7 nitrogen and oxygen atoms in total. The molecule has 11 aromatic rings. The van der Waals surface area contributed by atoms with Crippen LogP contribution in [0.4, 0.5) is 0 Å². The molecule has 0 bridgehead atoms. The van der Waals surface area contributed by atoms with Gasteiger partial charge in [-0.1, -0.05) is 188 Å². The van der Waals surface area contributed by atoms with Crippen molar-refractivity contribution in [1.82, 2.24) is 29.9 Å². The highest BCUT2D eigenvalue weighted by Crippen LogP contribution is 2.40. The van der Waals surface area contributed by atoms with Crippen LogP contribution in [0.5, 0.6) is 0 Å². The largest absolute Gasteiger partial charge is 0.455 e. The van der Waals surface area contributed by atoms with Gasteiger partial charge in [-0.25, -0.2) is 29.9 Å². The van der Waals surface area contributed by atoms with Crippen LogP contribution in [0.1, 0.15) is 0 Å². The minimum Gasteiger partial charge on any atom is -0.455 e. The SMILES string of the molecule is c1ccc(-c2nc(-c3ccccc3)nc(-c3ccc(-c4cc(-c5ccc(-c6nc(-c7ccccc7)nc(-c7ccccc7)n6)cc5)c5oc6ccccc6c5c4)cc3)n2)cc1. The van der Waals surface area contributed by atoms with E-state index in [1.54, 1.807) is 0 Å². The fourth-order valence-corrected chi connectivity index (χ4v) is 7.69. The number of furan rings is 1. The second-order valence-corrected chi connectivity index (χ2v) is 14.7. The van der Waals surface area contributed by atoms with Crippen molar-refractivity contribution in [1.29, 1.82) is 0 Å². The zero-order valence-corrected chi connectivity index (χ0v) is 32.7. The van der Waals surface area contributed by atoms with Gasteiger partial charge >= 0.3 is 0 Å². The van der Waals surface area contributed by atoms with Crippen molar-refractivity contribution in [3.63, 3.8) is 0 Å². The molecular formula is C54H34N6O. The maximum Gasteiger partial charge on any atom is 0.164 e. The Kier molecular flexibility index (Phi) is 9.02. The Labute approximate surface area is 351 Å². The van der Waals surface area contributed by atoms with E-state index in [0.717, 1.165) is 77.6 Å². The number of nitrogens with zero attached hydrogens (tertiary/aromatic N) is 6. The van der Waals surface area contributed by atoms with Gasteiger partial charge in [0, 0.05) is 49.7 Å². The number of hydrogen-bond acceptors (Lipinski definition) is 7. The monoisotopic (exact) mass is 782 g/mol. The zero-order valence-electron chi connectivity index (χ0n) is 32.7. The van der Waals surface area contributed by atoms with Gasteiger partial charge in [0.25, 0.3) is 0 Å². The summed E-state index contributed by atoms with van der Waals surface area (Å²) in [4.78, 5) is 29.5. The third-order valence-corrected chi connectivity index (χ3v) is 10.8. The summed E-state index contributed by atoms with van der Waals surface area (Å²) in [7, 11) is 0. The second kappa shape index (κ2) is 15.4. The highest BCUT2D eigenvalue weighted by molar-refractivity contribution is 6.11. The maximum atomic E-state index is 6.59. The molecule has 286 valence electrons. The number of para-hydroxylation sites is 1. The summed E-state index contributed by atoms with van der Waals surface area (Å²) in [5.74, 6) is 3.73. The summed E-state index contributed by atoms with van der Waals surface area (Å²) in [6, 6.07) is 69.6. The molecule has 0 amide bonds. The quantitative estimate of drug-likeness (QED) is 0.152. The Morgan fingerprint density at radius 1 is 0.246 bits per heavy atom. The first-order chi connectivity index (χ1) is 30.2. The molecule has 0 fully saturated rings. The fraction of sp³-hybridized carbons (Fsp3) is 0. The first-order valence-electron chi connectivity index (χ1n) is 20.1. The first kappa shape index (κ1) is 35.7. The van der Waals surface area contributed by atoms with Crippen molar-refractivity contribution in [2.75, 3.05) is 0 Å². The average Bonchev–Trinajstić information content (AvgIpc) is 3.73. The highest BCUT2D eigenvalue weighted by Gasteiger charge is 2.18. The molecule has 0 unspecified atom stereocenters. The molecule has 0 aliphatic rings. The van der Waals surface area contributed by atoms with Crippen LogP contribution >= 0.6 is 0 Å². The Morgan fingerprint density at radius 2 is 0.574 bits per heavy atom. The molecule has 0 spiro atoms. The van der Waals surface area contributed by atoms with Crippen molar-refractivity contribution in [2.24, 2.45) is 0 Å². The number of benzene rings is 8. The molecule has 0 radical (unpaired) electrons. The van der Waals surface area contributed by atoms with Crippen LogP contribution in [0.3, 0.4) is 0 Å². The van der Waals surface area contributed by atoms with Crippen LogP contribution in [0.25, 0.3) is 113 Å². The molecule has 61 heavy (non-hydrogen) atoms. The third-order valence-electron chi connectivity index (χ3n) is 10.8. The number of aromatic nitrogens is 6. The van der Waals surface area contributed by atoms with Crippen molar-refractivity contribution in [3.05, 3.63) is 206 Å². The number of fused-ring (bicyclic) bond motifs is 3. The molecule has 3 heterocycles. The molecule has 3 aromatic heterocycles. The number of rotatable bonds is 8. The molecular weight excluding hydrogens is 749 g/mol. The Bertz CT molecular complexity index is 3200. The first-order valence-corrected chi connectivity index (χ1v) is 20.1. The predicted octanol–water partition coefficient (Wildman–Crippen LogP) is 13.3. The molecule has 7 heteroatoms. The standard InChI is InChI=1S/C54H34N6O/c1-5-15-37(16-6-1)49-55-50(38-17-7-2-8-18-38)58-53(57-49)41-29-25-35(26-30-41)43-33-45(48-46(34-43)44-23-13-14-24-47(44)61-48)36-27-31-42(32-28-36)54-59-51(39-19-9-3-10-20-39)56-52(60-54)40-21-11-4-12-22-40/h1-34H. The molecule has 0 N–H and O–H groups in total. The molecule has 0 saturated heterocycles. The Morgan fingerprint density at radius 3 is 0.984 bits per heavy atom. The maximum absolute atomic E-state index is 6.59. The van der Waals surface area contributed by atoms with Gasteiger partial charge in [-0.3, -0.25) is 0 Å². The average molecular weight is 783 g/mol. The lowest BCUT2D eigenvalue weighted by Crippen LogP contribution is -2.00. The van der Waals surface area contributed by atoms with Crippen molar-refractivity contribution in [2.45, 2.75) is 0 Å². The van der Waals surface area contributed by atoms with Crippen LogP contribution in [-0.4, -0.2) is 29.9 Å². The van der Waals surface area contributed by atoms with E-state index in [1.165, 1.54) is 0 Å². The molecule has 0 aliphatic heterocycles. The lowest BCUT2D eigenvalue weighted by Gasteiger charge is -2.11. The third kappa shape index (κ3) is 7.00. The van der Waals surface area contributed by atoms with E-state index in [-0.39, 0.29) is 0 Å². The van der Waals surface area contributed by atoms with E-state index in [9.17, 15) is 0 Å².